The molecular weight excluding hydrogens is 601 g/mol. The fourth-order valence-electron chi connectivity index (χ4n) is 6.43. The standard InChI is InChI=1S/C36H32P2.Pd/c1-7-19-31(20-8-1)37(32-21-9-2-10-22-32,33-23-11-3-12-24-33)38(34-25-13-4-14-26-34,35-27-15-5-16-28-35)36-29-17-6-18-30-36;/h1-30,37-38H;. The van der Waals surface area contributed by atoms with Crippen LogP contribution in [0.2, 0.25) is 0 Å². The van der Waals surface area contributed by atoms with E-state index >= 15 is 0 Å². The number of hydrogen-bond acceptors (Lipinski definition) is 0. The second kappa shape index (κ2) is 12.4. The van der Waals surface area contributed by atoms with Crippen LogP contribution >= 0.6 is 13.9 Å². The predicted octanol–water partition coefficient (Wildman–Crippen LogP) is 6.35. The maximum absolute atomic E-state index is 2.79. The Kier molecular flexibility index (Phi) is 8.68. The normalized spacial score (nSPS) is 12.2. The predicted molar refractivity (Wildman–Crippen MR) is 173 cm³/mol. The Labute approximate surface area is 247 Å². The molecule has 0 saturated heterocycles. The van der Waals surface area contributed by atoms with Crippen molar-refractivity contribution >= 4 is 45.7 Å². The van der Waals surface area contributed by atoms with Crippen LogP contribution in [0.3, 0.4) is 0 Å². The van der Waals surface area contributed by atoms with E-state index in [1.54, 1.807) is 0 Å². The number of rotatable bonds is 7. The van der Waals surface area contributed by atoms with Gasteiger partial charge < -0.3 is 0 Å². The van der Waals surface area contributed by atoms with Gasteiger partial charge in [0.1, 0.15) is 0 Å². The van der Waals surface area contributed by atoms with Crippen LogP contribution in [-0.4, -0.2) is 0 Å². The Morgan fingerprint density at radius 2 is 0.333 bits per heavy atom. The fraction of sp³-hybridized carbons (Fsp3) is 0. The van der Waals surface area contributed by atoms with Crippen molar-refractivity contribution in [3.63, 3.8) is 0 Å². The third-order valence-electron chi connectivity index (χ3n) is 7.80. The number of benzene rings is 6. The van der Waals surface area contributed by atoms with E-state index in [9.17, 15) is 0 Å². The van der Waals surface area contributed by atoms with Gasteiger partial charge in [-0.1, -0.05) is 0 Å². The van der Waals surface area contributed by atoms with E-state index in [-0.39, 0.29) is 20.4 Å². The van der Waals surface area contributed by atoms with E-state index < -0.39 is 13.9 Å². The van der Waals surface area contributed by atoms with Crippen LogP contribution in [0.4, 0.5) is 0 Å². The SMILES string of the molecule is [Pd].c1ccc([PH](c2ccccc2)(c2ccccc2)[PH](c2ccccc2)(c2ccccc2)c2ccccc2)cc1. The average molecular weight is 633 g/mol. The van der Waals surface area contributed by atoms with E-state index in [1.807, 2.05) is 0 Å². The second-order valence-corrected chi connectivity index (χ2v) is 20.7. The molecule has 0 amide bonds. The fourth-order valence-corrected chi connectivity index (χ4v) is 26.0. The summed E-state index contributed by atoms with van der Waals surface area (Å²) >= 11 is 0. The first-order valence-corrected chi connectivity index (χ1v) is 18.2. The van der Waals surface area contributed by atoms with Gasteiger partial charge in [0.2, 0.25) is 0 Å². The molecule has 0 aliphatic rings. The third kappa shape index (κ3) is 4.66. The van der Waals surface area contributed by atoms with Gasteiger partial charge in [-0.2, -0.15) is 0 Å². The summed E-state index contributed by atoms with van der Waals surface area (Å²) in [7, 11) is 0. The quantitative estimate of drug-likeness (QED) is 0.142. The molecule has 0 unspecified atom stereocenters. The van der Waals surface area contributed by atoms with Gasteiger partial charge in [-0.15, -0.1) is 0 Å². The molecule has 196 valence electrons. The van der Waals surface area contributed by atoms with Crippen LogP contribution in [0.5, 0.6) is 0 Å². The molecule has 6 aromatic carbocycles. The van der Waals surface area contributed by atoms with E-state index in [2.05, 4.69) is 182 Å². The third-order valence-corrected chi connectivity index (χ3v) is 24.7. The molecule has 0 radical (unpaired) electrons. The topological polar surface area (TPSA) is 0 Å². The van der Waals surface area contributed by atoms with Gasteiger partial charge in [0.25, 0.3) is 0 Å². The zero-order valence-electron chi connectivity index (χ0n) is 21.6. The maximum atomic E-state index is 2.39. The van der Waals surface area contributed by atoms with Crippen LogP contribution in [0, 0.1) is 0 Å². The van der Waals surface area contributed by atoms with Crippen molar-refractivity contribution in [1.82, 2.24) is 0 Å². The van der Waals surface area contributed by atoms with E-state index in [4.69, 9.17) is 0 Å². The zero-order chi connectivity index (χ0) is 25.7. The molecule has 0 N–H and O–H groups in total. The van der Waals surface area contributed by atoms with Crippen molar-refractivity contribution in [1.29, 1.82) is 0 Å². The first-order valence-electron chi connectivity index (χ1n) is 13.2. The van der Waals surface area contributed by atoms with Gasteiger partial charge in [0.15, 0.2) is 0 Å². The molecule has 0 aliphatic heterocycles. The zero-order valence-corrected chi connectivity index (χ0v) is 25.2. The summed E-state index contributed by atoms with van der Waals surface area (Å²) in [5.41, 5.74) is 0. The molecule has 39 heavy (non-hydrogen) atoms. The van der Waals surface area contributed by atoms with Crippen LogP contribution in [0.1, 0.15) is 0 Å². The molecule has 0 aliphatic carbocycles. The van der Waals surface area contributed by atoms with Gasteiger partial charge in [0, 0.05) is 20.4 Å². The Bertz CT molecular complexity index is 1260. The Morgan fingerprint density at radius 3 is 0.462 bits per heavy atom. The molecule has 0 spiro atoms. The number of hydrogen-bond donors (Lipinski definition) is 0. The van der Waals surface area contributed by atoms with Crippen molar-refractivity contribution < 1.29 is 20.4 Å². The van der Waals surface area contributed by atoms with Crippen LogP contribution < -0.4 is 31.8 Å². The first kappa shape index (κ1) is 27.4. The second-order valence-electron chi connectivity index (χ2n) is 9.70. The molecule has 0 atom stereocenters. The monoisotopic (exact) mass is 632 g/mol. The van der Waals surface area contributed by atoms with Crippen molar-refractivity contribution in [2.45, 2.75) is 0 Å². The van der Waals surface area contributed by atoms with Crippen molar-refractivity contribution in [2.24, 2.45) is 0 Å². The van der Waals surface area contributed by atoms with Crippen LogP contribution in [-0.2, 0) is 20.4 Å². The average Bonchev–Trinajstić information content (AvgIpc) is 3.02. The van der Waals surface area contributed by atoms with Gasteiger partial charge >= 0.3 is 228 Å². The first-order chi connectivity index (χ1) is 18.9. The summed E-state index contributed by atoms with van der Waals surface area (Å²) < 4.78 is 0. The summed E-state index contributed by atoms with van der Waals surface area (Å²) in [5, 5.41) is 8.67. The Balaban J connectivity index is 0.00000308. The van der Waals surface area contributed by atoms with Crippen molar-refractivity contribution in [3.8, 4) is 0 Å². The van der Waals surface area contributed by atoms with Crippen LogP contribution in [0.25, 0.3) is 0 Å². The summed E-state index contributed by atoms with van der Waals surface area (Å²) in [5.74, 6) is 0. The van der Waals surface area contributed by atoms with Gasteiger partial charge in [-0.25, -0.2) is 0 Å². The molecule has 0 bridgehead atoms. The van der Waals surface area contributed by atoms with E-state index in [0.717, 1.165) is 0 Å². The molecule has 6 rings (SSSR count). The van der Waals surface area contributed by atoms with Gasteiger partial charge in [-0.05, 0) is 0 Å². The molecule has 0 nitrogen and oxygen atoms in total. The molecule has 0 fully saturated rings. The minimum atomic E-state index is -2.79. The molecule has 3 heteroatoms. The summed E-state index contributed by atoms with van der Waals surface area (Å²) in [6.45, 7) is -5.57. The summed E-state index contributed by atoms with van der Waals surface area (Å²) in [4.78, 5) is 0. The van der Waals surface area contributed by atoms with Gasteiger partial charge in [0.05, 0.1) is 0 Å². The van der Waals surface area contributed by atoms with Crippen molar-refractivity contribution in [3.05, 3.63) is 182 Å². The minimum absolute atomic E-state index is 0. The molecule has 0 saturated carbocycles. The molecular formula is C36H32P2Pd. The summed E-state index contributed by atoms with van der Waals surface area (Å²) in [6, 6.07) is 68.3. The molecule has 0 aromatic heterocycles. The molecule has 0 heterocycles. The van der Waals surface area contributed by atoms with E-state index in [1.165, 1.54) is 31.8 Å². The van der Waals surface area contributed by atoms with Crippen LogP contribution in [0.15, 0.2) is 182 Å². The molecule has 6 aromatic rings. The summed E-state index contributed by atoms with van der Waals surface area (Å²) in [6.07, 6.45) is 0. The van der Waals surface area contributed by atoms with E-state index in [0.29, 0.717) is 0 Å². The Morgan fingerprint density at radius 1 is 0.205 bits per heavy atom. The van der Waals surface area contributed by atoms with Gasteiger partial charge in [-0.3, -0.25) is 0 Å². The Hall–Kier alpha value is -3.16. The van der Waals surface area contributed by atoms with Crippen molar-refractivity contribution in [2.75, 3.05) is 0 Å².